The van der Waals surface area contributed by atoms with Crippen LogP contribution in [-0.2, 0) is 11.4 Å². The van der Waals surface area contributed by atoms with Gasteiger partial charge < -0.3 is 14.7 Å². The molecular weight excluding hydrogens is 428 g/mol. The molecule has 31 heavy (non-hydrogen) atoms. The van der Waals surface area contributed by atoms with E-state index < -0.39 is 12.2 Å². The first-order chi connectivity index (χ1) is 14.7. The Morgan fingerprint density at radius 3 is 2.52 bits per heavy atom. The maximum atomic E-state index is 13.0. The molecule has 1 fully saturated rings. The van der Waals surface area contributed by atoms with Gasteiger partial charge in [-0.15, -0.1) is 0 Å². The Kier molecular flexibility index (Phi) is 7.59. The van der Waals surface area contributed by atoms with Crippen LogP contribution in [0.2, 0.25) is 5.02 Å². The maximum absolute atomic E-state index is 13.0. The molecule has 1 N–H and O–H groups in total. The number of hydrogen-bond acceptors (Lipinski definition) is 5. The number of aliphatic imine (C=N–C) groups is 1. The average Bonchev–Trinajstić information content (AvgIpc) is 3.05. The Labute approximate surface area is 184 Å². The second-order valence-corrected chi connectivity index (χ2v) is 7.76. The monoisotopic (exact) mass is 451 g/mol. The minimum absolute atomic E-state index is 0.0325. The molecule has 9 heteroatoms. The number of likely N-dealkylation sites (tertiary alicyclic amines) is 1. The van der Waals surface area contributed by atoms with Gasteiger partial charge in [-0.2, -0.15) is 8.78 Å². The summed E-state index contributed by atoms with van der Waals surface area (Å²) < 4.78 is 30.6. The van der Waals surface area contributed by atoms with E-state index in [1.54, 1.807) is 18.3 Å². The standard InChI is InChI=1S/C22H24ClF2N3O3/c1-22(24,25)31-20-9-5-16(6-10-20)21(27-30-2)26-12-18-11-19(29)14-28(18)13-15-3-7-17(23)8-4-15/h3-10,12,18-19,29H,11,13-14H2,1-2H3/b26-12+,27-21-/t18?,19-/m1/s1. The van der Waals surface area contributed by atoms with Gasteiger partial charge in [0.2, 0.25) is 0 Å². The van der Waals surface area contributed by atoms with Crippen LogP contribution in [0.3, 0.4) is 0 Å². The number of nitrogens with zero attached hydrogens (tertiary/aromatic N) is 3. The minimum Gasteiger partial charge on any atom is -0.433 e. The first kappa shape index (κ1) is 23.1. The second-order valence-electron chi connectivity index (χ2n) is 7.32. The van der Waals surface area contributed by atoms with Gasteiger partial charge in [0.15, 0.2) is 5.84 Å². The predicted molar refractivity (Wildman–Crippen MR) is 116 cm³/mol. The van der Waals surface area contributed by atoms with Crippen molar-refractivity contribution in [3.8, 4) is 5.75 Å². The number of ether oxygens (including phenoxy) is 1. The van der Waals surface area contributed by atoms with E-state index >= 15 is 0 Å². The third-order valence-corrected chi connectivity index (χ3v) is 4.93. The lowest BCUT2D eigenvalue weighted by Crippen LogP contribution is -2.30. The van der Waals surface area contributed by atoms with Crippen LogP contribution in [0.5, 0.6) is 5.75 Å². The first-order valence-corrected chi connectivity index (χ1v) is 10.1. The van der Waals surface area contributed by atoms with E-state index in [2.05, 4.69) is 19.8 Å². The van der Waals surface area contributed by atoms with Gasteiger partial charge in [0.25, 0.3) is 0 Å². The normalized spacial score (nSPS) is 20.4. The highest BCUT2D eigenvalue weighted by atomic mass is 35.5. The molecule has 0 amide bonds. The molecule has 2 aromatic carbocycles. The van der Waals surface area contributed by atoms with E-state index in [4.69, 9.17) is 16.4 Å². The summed E-state index contributed by atoms with van der Waals surface area (Å²) in [6.07, 6.45) is -1.47. The lowest BCUT2D eigenvalue weighted by atomic mass is 10.1. The molecule has 0 aromatic heterocycles. The molecule has 3 rings (SSSR count). The number of alkyl halides is 2. The minimum atomic E-state index is -3.26. The summed E-state index contributed by atoms with van der Waals surface area (Å²) in [5.74, 6) is 0.315. The summed E-state index contributed by atoms with van der Waals surface area (Å²) in [5, 5.41) is 14.7. The van der Waals surface area contributed by atoms with Gasteiger partial charge in [-0.05, 0) is 48.4 Å². The smallest absolute Gasteiger partial charge is 0.394 e. The third kappa shape index (κ3) is 6.99. The molecule has 0 radical (unpaired) electrons. The number of halogens is 3. The Hall–Kier alpha value is -2.55. The second kappa shape index (κ2) is 10.2. The number of benzene rings is 2. The largest absolute Gasteiger partial charge is 0.433 e. The average molecular weight is 452 g/mol. The number of β-amino-alcohol motifs (C(OH)–C–C–N with tert-alkyl or cyclic N) is 1. The molecule has 1 heterocycles. The molecule has 0 bridgehead atoms. The molecule has 1 unspecified atom stereocenters. The summed E-state index contributed by atoms with van der Waals surface area (Å²) in [6, 6.07) is 13.4. The molecule has 2 aromatic rings. The van der Waals surface area contributed by atoms with Crippen LogP contribution in [0, 0.1) is 0 Å². The summed E-state index contributed by atoms with van der Waals surface area (Å²) in [4.78, 5) is 11.4. The summed E-state index contributed by atoms with van der Waals surface area (Å²) in [7, 11) is 1.40. The first-order valence-electron chi connectivity index (χ1n) is 9.72. The molecule has 1 aliphatic rings. The van der Waals surface area contributed by atoms with Crippen molar-refractivity contribution in [3.05, 3.63) is 64.7 Å². The van der Waals surface area contributed by atoms with Gasteiger partial charge >= 0.3 is 6.11 Å². The molecule has 0 saturated carbocycles. The van der Waals surface area contributed by atoms with E-state index in [0.717, 1.165) is 5.56 Å². The molecule has 6 nitrogen and oxygen atoms in total. The van der Waals surface area contributed by atoms with E-state index in [1.165, 1.54) is 19.2 Å². The van der Waals surface area contributed by atoms with Crippen LogP contribution in [-0.4, -0.2) is 54.0 Å². The highest BCUT2D eigenvalue weighted by molar-refractivity contribution is 6.30. The molecule has 0 spiro atoms. The zero-order chi connectivity index (χ0) is 22.4. The van der Waals surface area contributed by atoms with Gasteiger partial charge in [-0.3, -0.25) is 4.90 Å². The zero-order valence-corrected chi connectivity index (χ0v) is 18.0. The molecule has 166 valence electrons. The van der Waals surface area contributed by atoms with Gasteiger partial charge in [-0.1, -0.05) is 28.9 Å². The Bertz CT molecular complexity index is 915. The molecule has 2 atom stereocenters. The van der Waals surface area contributed by atoms with Crippen molar-refractivity contribution in [1.29, 1.82) is 0 Å². The van der Waals surface area contributed by atoms with Crippen LogP contribution < -0.4 is 4.74 Å². The molecule has 1 aliphatic heterocycles. The van der Waals surface area contributed by atoms with Crippen LogP contribution in [0.1, 0.15) is 24.5 Å². The number of aliphatic hydroxyl groups excluding tert-OH is 1. The lowest BCUT2D eigenvalue weighted by molar-refractivity contribution is -0.158. The summed E-state index contributed by atoms with van der Waals surface area (Å²) in [6.45, 7) is 1.83. The van der Waals surface area contributed by atoms with Crippen molar-refractivity contribution in [2.45, 2.75) is 38.1 Å². The summed E-state index contributed by atoms with van der Waals surface area (Å²) in [5.41, 5.74) is 1.65. The lowest BCUT2D eigenvalue weighted by Gasteiger charge is -2.21. The van der Waals surface area contributed by atoms with Crippen LogP contribution in [0.4, 0.5) is 8.78 Å². The summed E-state index contributed by atoms with van der Waals surface area (Å²) >= 11 is 5.95. The van der Waals surface area contributed by atoms with Crippen molar-refractivity contribution in [1.82, 2.24) is 4.90 Å². The van der Waals surface area contributed by atoms with E-state index in [-0.39, 0.29) is 17.6 Å². The number of amidine groups is 1. The maximum Gasteiger partial charge on any atom is 0.394 e. The number of rotatable bonds is 7. The van der Waals surface area contributed by atoms with Gasteiger partial charge in [0.05, 0.1) is 6.10 Å². The Morgan fingerprint density at radius 1 is 1.23 bits per heavy atom. The topological polar surface area (TPSA) is 66.7 Å². The third-order valence-electron chi connectivity index (χ3n) is 4.68. The fraction of sp³-hybridized carbons (Fsp3) is 0.364. The highest BCUT2D eigenvalue weighted by Gasteiger charge is 2.30. The van der Waals surface area contributed by atoms with E-state index in [1.807, 2.05) is 24.3 Å². The van der Waals surface area contributed by atoms with Crippen LogP contribution >= 0.6 is 11.6 Å². The van der Waals surface area contributed by atoms with Crippen molar-refractivity contribution in [3.63, 3.8) is 0 Å². The van der Waals surface area contributed by atoms with Crippen molar-refractivity contribution < 1.29 is 23.5 Å². The number of aliphatic hydroxyl groups is 1. The van der Waals surface area contributed by atoms with Crippen molar-refractivity contribution in [2.24, 2.45) is 10.1 Å². The van der Waals surface area contributed by atoms with E-state index in [0.29, 0.717) is 37.0 Å². The molecule has 1 saturated heterocycles. The van der Waals surface area contributed by atoms with Crippen LogP contribution in [0.25, 0.3) is 0 Å². The van der Waals surface area contributed by atoms with Gasteiger partial charge in [0.1, 0.15) is 12.9 Å². The fourth-order valence-corrected chi connectivity index (χ4v) is 3.47. The van der Waals surface area contributed by atoms with Crippen LogP contribution in [0.15, 0.2) is 58.7 Å². The van der Waals surface area contributed by atoms with E-state index in [9.17, 15) is 13.9 Å². The number of hydrogen-bond donors (Lipinski definition) is 1. The SMILES string of the molecule is CO/N=C(\N=C\C1C[C@@H](O)CN1Cc1ccc(Cl)cc1)c1ccc(OC(C)(F)F)cc1. The number of oxime groups is 1. The zero-order valence-electron chi connectivity index (χ0n) is 17.2. The van der Waals surface area contributed by atoms with Gasteiger partial charge in [0, 0.05) is 42.9 Å². The predicted octanol–water partition coefficient (Wildman–Crippen LogP) is 4.35. The highest BCUT2D eigenvalue weighted by Crippen LogP contribution is 2.23. The fourth-order valence-electron chi connectivity index (χ4n) is 3.34. The van der Waals surface area contributed by atoms with Gasteiger partial charge in [-0.25, -0.2) is 4.99 Å². The molecule has 0 aliphatic carbocycles. The Morgan fingerprint density at radius 2 is 1.90 bits per heavy atom. The Balaban J connectivity index is 1.72. The van der Waals surface area contributed by atoms with Crippen molar-refractivity contribution in [2.75, 3.05) is 13.7 Å². The van der Waals surface area contributed by atoms with Crippen molar-refractivity contribution >= 4 is 23.7 Å². The quantitative estimate of drug-likeness (QED) is 0.386. The molecular formula is C22H24ClF2N3O3.